The van der Waals surface area contributed by atoms with Gasteiger partial charge in [-0.05, 0) is 75.0 Å². The van der Waals surface area contributed by atoms with Crippen LogP contribution in [0.1, 0.15) is 72.1 Å². The van der Waals surface area contributed by atoms with E-state index >= 15 is 4.39 Å². The van der Waals surface area contributed by atoms with Crippen molar-refractivity contribution in [3.63, 3.8) is 0 Å². The smallest absolute Gasteiger partial charge is 0.149 e. The number of halogens is 2. The van der Waals surface area contributed by atoms with Crippen LogP contribution in [0.15, 0.2) is 0 Å². The van der Waals surface area contributed by atoms with Crippen molar-refractivity contribution in [2.45, 2.75) is 82.6 Å². The van der Waals surface area contributed by atoms with E-state index in [1.54, 1.807) is 6.92 Å². The fraction of sp³-hybridized carbons (Fsp3) is 0.905. The SMILES string of the molecule is CC(=O)[C@H]1CC[C@H]2[C@@H]3CC[C@@]4(F)[C@@H](Br)C(=O)CC[C@]4(C)[C@H]3CC[C@]12C. The third kappa shape index (κ3) is 2.18. The van der Waals surface area contributed by atoms with Crippen LogP contribution in [0.25, 0.3) is 0 Å². The van der Waals surface area contributed by atoms with Gasteiger partial charge in [0.05, 0.1) is 0 Å². The van der Waals surface area contributed by atoms with Crippen molar-refractivity contribution in [1.29, 1.82) is 0 Å². The molecule has 0 unspecified atom stereocenters. The van der Waals surface area contributed by atoms with E-state index in [0.29, 0.717) is 42.8 Å². The molecule has 0 heterocycles. The first-order chi connectivity index (χ1) is 11.6. The molecule has 8 atom stereocenters. The Bertz CT molecular complexity index is 621. The van der Waals surface area contributed by atoms with Crippen molar-refractivity contribution in [2.24, 2.45) is 34.5 Å². The molecular formula is C21H30BrFO2. The molecular weight excluding hydrogens is 383 g/mol. The number of ketones is 2. The maximum atomic E-state index is 16.1. The lowest BCUT2D eigenvalue weighted by Crippen LogP contribution is -2.64. The minimum atomic E-state index is -1.41. The number of hydrogen-bond acceptors (Lipinski definition) is 2. The van der Waals surface area contributed by atoms with Gasteiger partial charge in [-0.15, -0.1) is 0 Å². The van der Waals surface area contributed by atoms with Gasteiger partial charge in [0.1, 0.15) is 22.1 Å². The zero-order valence-electron chi connectivity index (χ0n) is 15.6. The maximum absolute atomic E-state index is 16.1. The van der Waals surface area contributed by atoms with Gasteiger partial charge in [-0.25, -0.2) is 4.39 Å². The Balaban J connectivity index is 1.68. The molecule has 2 nitrogen and oxygen atoms in total. The molecule has 0 aliphatic heterocycles. The number of Topliss-reactive ketones (excluding diaryl/α,β-unsaturated/α-hetero) is 2. The van der Waals surface area contributed by atoms with E-state index < -0.39 is 15.9 Å². The van der Waals surface area contributed by atoms with Gasteiger partial charge in [-0.3, -0.25) is 9.59 Å². The number of carbonyl (C=O) groups is 2. The fourth-order valence-electron chi connectivity index (χ4n) is 7.69. The molecule has 140 valence electrons. The fourth-order valence-corrected chi connectivity index (χ4v) is 8.67. The minimum absolute atomic E-state index is 0.0385. The van der Waals surface area contributed by atoms with Crippen LogP contribution in [-0.4, -0.2) is 22.1 Å². The topological polar surface area (TPSA) is 34.1 Å². The van der Waals surface area contributed by atoms with Gasteiger partial charge in [0.2, 0.25) is 0 Å². The van der Waals surface area contributed by atoms with E-state index in [1.807, 2.05) is 0 Å². The summed E-state index contributed by atoms with van der Waals surface area (Å²) in [7, 11) is 0. The van der Waals surface area contributed by atoms with Crippen LogP contribution in [0.5, 0.6) is 0 Å². The summed E-state index contributed by atoms with van der Waals surface area (Å²) in [6.45, 7) is 6.19. The second kappa shape index (κ2) is 5.62. The third-order valence-corrected chi connectivity index (χ3v) is 10.3. The Morgan fingerprint density at radius 3 is 2.48 bits per heavy atom. The summed E-state index contributed by atoms with van der Waals surface area (Å²) >= 11 is 3.43. The average molecular weight is 413 g/mol. The van der Waals surface area contributed by atoms with Crippen LogP contribution in [0.2, 0.25) is 0 Å². The molecule has 0 saturated heterocycles. The lowest BCUT2D eigenvalue weighted by Gasteiger charge is -2.63. The van der Waals surface area contributed by atoms with Crippen LogP contribution in [0.4, 0.5) is 4.39 Å². The molecule has 0 bridgehead atoms. The summed E-state index contributed by atoms with van der Waals surface area (Å²) in [5.74, 6) is 1.99. The van der Waals surface area contributed by atoms with Crippen molar-refractivity contribution in [2.75, 3.05) is 0 Å². The quantitative estimate of drug-likeness (QED) is 0.549. The summed E-state index contributed by atoms with van der Waals surface area (Å²) in [4.78, 5) is 23.7. The first-order valence-corrected chi connectivity index (χ1v) is 10.9. The highest BCUT2D eigenvalue weighted by Gasteiger charge is 2.68. The average Bonchev–Trinajstić information content (AvgIpc) is 2.91. The molecule has 0 aromatic rings. The number of alkyl halides is 2. The van der Waals surface area contributed by atoms with E-state index in [0.717, 1.165) is 32.1 Å². The molecule has 0 aromatic carbocycles. The lowest BCUT2D eigenvalue weighted by atomic mass is 9.43. The third-order valence-electron chi connectivity index (χ3n) is 9.11. The lowest BCUT2D eigenvalue weighted by molar-refractivity contribution is -0.172. The molecule has 4 rings (SSSR count). The molecule has 0 N–H and O–H groups in total. The number of fused-ring (bicyclic) bond motifs is 5. The van der Waals surface area contributed by atoms with Crippen LogP contribution >= 0.6 is 15.9 Å². The Kier molecular flexibility index (Phi) is 4.08. The minimum Gasteiger partial charge on any atom is -0.300 e. The maximum Gasteiger partial charge on any atom is 0.149 e. The van der Waals surface area contributed by atoms with E-state index in [-0.39, 0.29) is 17.1 Å². The molecule has 0 amide bonds. The van der Waals surface area contributed by atoms with Gasteiger partial charge < -0.3 is 0 Å². The van der Waals surface area contributed by atoms with E-state index in [2.05, 4.69) is 29.8 Å². The van der Waals surface area contributed by atoms with E-state index in [4.69, 9.17) is 0 Å². The van der Waals surface area contributed by atoms with Gasteiger partial charge >= 0.3 is 0 Å². The summed E-state index contributed by atoms with van der Waals surface area (Å²) in [6.07, 6.45) is 6.73. The number of rotatable bonds is 1. The molecule has 4 aliphatic carbocycles. The second-order valence-electron chi connectivity index (χ2n) is 9.81. The van der Waals surface area contributed by atoms with E-state index in [1.165, 1.54) is 0 Å². The Hall–Kier alpha value is -0.250. The first kappa shape index (κ1) is 18.1. The highest BCUT2D eigenvalue weighted by atomic mass is 79.9. The van der Waals surface area contributed by atoms with Crippen molar-refractivity contribution in [1.82, 2.24) is 0 Å². The van der Waals surface area contributed by atoms with Crippen LogP contribution in [0.3, 0.4) is 0 Å². The van der Waals surface area contributed by atoms with Gasteiger partial charge in [-0.1, -0.05) is 29.8 Å². The molecule has 0 spiro atoms. The summed E-state index contributed by atoms with van der Waals surface area (Å²) < 4.78 is 16.1. The van der Waals surface area contributed by atoms with Gasteiger partial charge in [0.25, 0.3) is 0 Å². The zero-order chi connectivity index (χ0) is 18.2. The Morgan fingerprint density at radius 1 is 1.08 bits per heavy atom. The monoisotopic (exact) mass is 412 g/mol. The van der Waals surface area contributed by atoms with Crippen LogP contribution in [-0.2, 0) is 9.59 Å². The summed E-state index contributed by atoms with van der Waals surface area (Å²) in [5.41, 5.74) is -1.71. The largest absolute Gasteiger partial charge is 0.300 e. The summed E-state index contributed by atoms with van der Waals surface area (Å²) in [6, 6.07) is 0. The summed E-state index contributed by atoms with van der Waals surface area (Å²) in [5, 5.41) is 0. The number of hydrogen-bond donors (Lipinski definition) is 0. The molecule has 4 saturated carbocycles. The zero-order valence-corrected chi connectivity index (χ0v) is 17.2. The molecule has 25 heavy (non-hydrogen) atoms. The second-order valence-corrected chi connectivity index (χ2v) is 10.7. The Morgan fingerprint density at radius 2 is 1.80 bits per heavy atom. The predicted octanol–water partition coefficient (Wildman–Crippen LogP) is 5.27. The van der Waals surface area contributed by atoms with Crippen LogP contribution in [0, 0.1) is 34.5 Å². The van der Waals surface area contributed by atoms with Crippen molar-refractivity contribution in [3.8, 4) is 0 Å². The molecule has 0 aromatic heterocycles. The van der Waals surface area contributed by atoms with E-state index in [9.17, 15) is 9.59 Å². The Labute approximate surface area is 158 Å². The molecule has 0 radical (unpaired) electrons. The van der Waals surface area contributed by atoms with Crippen molar-refractivity contribution in [3.05, 3.63) is 0 Å². The molecule has 4 heteroatoms. The standard InChI is InChI=1S/C21H30BrFO2/c1-12(24)14-4-5-15-13-6-11-21(23)18(22)17(25)8-10-20(21,3)16(13)7-9-19(14,15)2/h13-16,18H,4-11H2,1-3H3/t13-,14+,15-,16-,18-,19+,20+,21+/m0/s1. The first-order valence-electron chi connectivity index (χ1n) is 10.0. The van der Waals surface area contributed by atoms with Crippen LogP contribution < -0.4 is 0 Å². The highest BCUT2D eigenvalue weighted by Crippen LogP contribution is 2.69. The predicted molar refractivity (Wildman–Crippen MR) is 99.4 cm³/mol. The van der Waals surface area contributed by atoms with Gasteiger partial charge in [0.15, 0.2) is 0 Å². The van der Waals surface area contributed by atoms with Crippen molar-refractivity contribution < 1.29 is 14.0 Å². The normalized spacial score (nSPS) is 55.2. The number of carbonyl (C=O) groups excluding carboxylic acids is 2. The van der Waals surface area contributed by atoms with Crippen molar-refractivity contribution >= 4 is 27.5 Å². The highest BCUT2D eigenvalue weighted by molar-refractivity contribution is 9.10. The molecule has 4 aliphatic rings. The molecule has 4 fully saturated rings. The van der Waals surface area contributed by atoms with Gasteiger partial charge in [0, 0.05) is 17.8 Å². The van der Waals surface area contributed by atoms with Gasteiger partial charge in [-0.2, -0.15) is 0 Å².